The maximum atomic E-state index is 14.2. The lowest BCUT2D eigenvalue weighted by Crippen LogP contribution is -2.70. The van der Waals surface area contributed by atoms with Gasteiger partial charge in [-0.2, -0.15) is 4.31 Å². The Morgan fingerprint density at radius 1 is 0.909 bits per heavy atom. The van der Waals surface area contributed by atoms with E-state index in [1.165, 1.54) is 56.9 Å². The highest BCUT2D eigenvalue weighted by Crippen LogP contribution is 2.77. The predicted octanol–water partition coefficient (Wildman–Crippen LogP) is 8.73. The zero-order valence-corrected chi connectivity index (χ0v) is 29.2. The quantitative estimate of drug-likeness (QED) is 0.322. The SMILES string of the molecule is C=C(C)[C@@H]1CC[C@]2(CC)CC[C@]3(C)[C@H](CC[C@@H]4[C@@]5(C)CCN(S(=O)(=O)c6ccc(CC(=O)O)cc6)C(C)(C)C5CC[C@]43C)[C@@H]12. The highest BCUT2D eigenvalue weighted by Gasteiger charge is 2.71. The van der Waals surface area contributed by atoms with Gasteiger partial charge in [0.05, 0.1) is 11.3 Å². The van der Waals surface area contributed by atoms with Crippen LogP contribution < -0.4 is 0 Å². The number of sulfonamides is 1. The molecule has 5 aliphatic rings. The molecule has 0 aromatic heterocycles. The highest BCUT2D eigenvalue weighted by atomic mass is 32.2. The van der Waals surface area contributed by atoms with E-state index in [0.717, 1.165) is 24.7 Å². The fourth-order valence-corrected chi connectivity index (χ4v) is 14.9. The van der Waals surface area contributed by atoms with Gasteiger partial charge in [0, 0.05) is 12.1 Å². The maximum Gasteiger partial charge on any atom is 0.307 e. The number of aliphatic carboxylic acids is 1. The summed E-state index contributed by atoms with van der Waals surface area (Å²) in [5, 5.41) is 9.15. The summed E-state index contributed by atoms with van der Waals surface area (Å²) in [7, 11) is -3.72. The second-order valence-electron chi connectivity index (χ2n) is 17.1. The zero-order valence-electron chi connectivity index (χ0n) is 28.4. The van der Waals surface area contributed by atoms with Gasteiger partial charge in [-0.3, -0.25) is 4.79 Å². The molecule has 9 atom stereocenters. The molecule has 1 saturated heterocycles. The number of carbonyl (C=O) groups is 1. The largest absolute Gasteiger partial charge is 0.481 e. The van der Waals surface area contributed by atoms with Crippen LogP contribution in [0.1, 0.15) is 118 Å². The van der Waals surface area contributed by atoms with Gasteiger partial charge < -0.3 is 5.11 Å². The summed E-state index contributed by atoms with van der Waals surface area (Å²) in [4.78, 5) is 11.4. The summed E-state index contributed by atoms with van der Waals surface area (Å²) in [6.07, 6.45) is 12.3. The summed E-state index contributed by atoms with van der Waals surface area (Å²) in [5.41, 5.74) is 2.64. The Balaban J connectivity index is 1.31. The molecule has 6 heteroatoms. The average Bonchev–Trinajstić information content (AvgIpc) is 3.33. The number of piperidine rings is 1. The van der Waals surface area contributed by atoms with Crippen LogP contribution in [-0.2, 0) is 21.2 Å². The van der Waals surface area contributed by atoms with Crippen molar-refractivity contribution in [1.29, 1.82) is 0 Å². The first-order valence-electron chi connectivity index (χ1n) is 17.5. The van der Waals surface area contributed by atoms with Gasteiger partial charge in [-0.25, -0.2) is 8.42 Å². The van der Waals surface area contributed by atoms with E-state index < -0.39 is 21.5 Å². The standard InChI is InChI=1S/C38H57NO4S/c1-9-38-19-16-28(25(2)3)33(38)29-14-15-31-35(6)22-23-39(44(42,43)27-12-10-26(11-13-27)24-32(40)41)34(4,5)30(35)17-18-37(31,8)36(29,7)20-21-38/h10-13,28-31,33H,2,9,14-24H2,1,3-8H3,(H,40,41)/t28-,29+,30?,31+,33+,35-,36+,37+,38+/m0/s1. The van der Waals surface area contributed by atoms with E-state index in [4.69, 9.17) is 5.11 Å². The number of allylic oxidation sites excluding steroid dienone is 1. The Hall–Kier alpha value is -1.66. The van der Waals surface area contributed by atoms with Gasteiger partial charge in [-0.1, -0.05) is 58.4 Å². The van der Waals surface area contributed by atoms with Crippen molar-refractivity contribution in [2.75, 3.05) is 6.54 Å². The van der Waals surface area contributed by atoms with Crippen LogP contribution in [0, 0.1) is 51.2 Å². The van der Waals surface area contributed by atoms with Gasteiger partial charge >= 0.3 is 5.97 Å². The third-order valence-corrected chi connectivity index (χ3v) is 17.5. The lowest BCUT2D eigenvalue weighted by molar-refractivity contribution is -0.236. The van der Waals surface area contributed by atoms with E-state index in [2.05, 4.69) is 55.0 Å². The zero-order chi connectivity index (χ0) is 32.1. The van der Waals surface area contributed by atoms with E-state index in [-0.39, 0.29) is 28.1 Å². The second kappa shape index (κ2) is 10.4. The Kier molecular flexibility index (Phi) is 7.65. The molecule has 0 radical (unpaired) electrons. The smallest absolute Gasteiger partial charge is 0.307 e. The van der Waals surface area contributed by atoms with Crippen LogP contribution in [0.15, 0.2) is 41.3 Å². The molecule has 44 heavy (non-hydrogen) atoms. The molecule has 5 fully saturated rings. The number of rotatable bonds is 6. The van der Waals surface area contributed by atoms with E-state index in [9.17, 15) is 13.2 Å². The Bertz CT molecular complexity index is 1430. The van der Waals surface area contributed by atoms with Crippen molar-refractivity contribution in [2.24, 2.45) is 51.2 Å². The molecule has 0 spiro atoms. The van der Waals surface area contributed by atoms with E-state index >= 15 is 0 Å². The molecule has 4 saturated carbocycles. The van der Waals surface area contributed by atoms with Crippen molar-refractivity contribution >= 4 is 16.0 Å². The van der Waals surface area contributed by atoms with Crippen molar-refractivity contribution in [3.05, 3.63) is 42.0 Å². The number of fused-ring (bicyclic) bond motifs is 7. The molecular weight excluding hydrogens is 566 g/mol. The van der Waals surface area contributed by atoms with Gasteiger partial charge in [0.2, 0.25) is 10.0 Å². The summed E-state index contributed by atoms with van der Waals surface area (Å²) < 4.78 is 30.1. The van der Waals surface area contributed by atoms with Crippen LogP contribution in [0.4, 0.5) is 0 Å². The summed E-state index contributed by atoms with van der Waals surface area (Å²) >= 11 is 0. The number of carboxylic acids is 1. The highest BCUT2D eigenvalue weighted by molar-refractivity contribution is 7.89. The molecule has 1 aromatic rings. The maximum absolute atomic E-state index is 14.2. The molecule has 0 amide bonds. The molecule has 0 bridgehead atoms. The number of nitrogens with zero attached hydrogens (tertiary/aromatic N) is 1. The fourth-order valence-electron chi connectivity index (χ4n) is 13.1. The van der Waals surface area contributed by atoms with Gasteiger partial charge in [0.1, 0.15) is 0 Å². The van der Waals surface area contributed by atoms with Crippen LogP contribution in [0.2, 0.25) is 0 Å². The van der Waals surface area contributed by atoms with Gasteiger partial charge in [0.25, 0.3) is 0 Å². The second-order valence-corrected chi connectivity index (χ2v) is 19.0. The van der Waals surface area contributed by atoms with E-state index in [1.54, 1.807) is 28.6 Å². The van der Waals surface area contributed by atoms with Crippen molar-refractivity contribution in [1.82, 2.24) is 4.31 Å². The van der Waals surface area contributed by atoms with Crippen LogP contribution in [0.25, 0.3) is 0 Å². The Morgan fingerprint density at radius 2 is 1.59 bits per heavy atom. The first-order chi connectivity index (χ1) is 20.5. The first-order valence-corrected chi connectivity index (χ1v) is 18.9. The van der Waals surface area contributed by atoms with Gasteiger partial charge in [-0.05, 0) is 148 Å². The first kappa shape index (κ1) is 32.3. The molecule has 244 valence electrons. The summed E-state index contributed by atoms with van der Waals surface area (Å²) in [5.74, 6) is 2.14. The predicted molar refractivity (Wildman–Crippen MR) is 177 cm³/mol. The van der Waals surface area contributed by atoms with Crippen LogP contribution in [0.5, 0.6) is 0 Å². The average molecular weight is 624 g/mol. The van der Waals surface area contributed by atoms with Crippen LogP contribution in [0.3, 0.4) is 0 Å². The molecule has 1 N–H and O–H groups in total. The number of carboxylic acid groups (broad SMARTS) is 1. The molecule has 1 aliphatic heterocycles. The minimum atomic E-state index is -3.72. The van der Waals surface area contributed by atoms with E-state index in [1.807, 2.05) is 0 Å². The van der Waals surface area contributed by atoms with Crippen molar-refractivity contribution in [3.8, 4) is 0 Å². The fraction of sp³-hybridized carbons (Fsp3) is 0.763. The van der Waals surface area contributed by atoms with Crippen molar-refractivity contribution < 1.29 is 18.3 Å². The van der Waals surface area contributed by atoms with Gasteiger partial charge in [0.15, 0.2) is 0 Å². The number of benzene rings is 1. The molecule has 1 unspecified atom stereocenters. The lowest BCUT2D eigenvalue weighted by atomic mass is 9.33. The lowest BCUT2D eigenvalue weighted by Gasteiger charge is -2.73. The number of hydrogen-bond acceptors (Lipinski definition) is 3. The summed E-state index contributed by atoms with van der Waals surface area (Å²) in [6.45, 7) is 22.0. The molecule has 5 nitrogen and oxygen atoms in total. The van der Waals surface area contributed by atoms with Crippen LogP contribution >= 0.6 is 0 Å². The Labute approximate surface area is 267 Å². The third-order valence-electron chi connectivity index (χ3n) is 15.4. The molecule has 6 rings (SSSR count). The van der Waals surface area contributed by atoms with Gasteiger partial charge in [-0.15, -0.1) is 0 Å². The molecular formula is C38H57NO4S. The molecule has 1 aromatic carbocycles. The Morgan fingerprint density at radius 3 is 2.20 bits per heavy atom. The monoisotopic (exact) mass is 623 g/mol. The minimum Gasteiger partial charge on any atom is -0.481 e. The minimum absolute atomic E-state index is 0.0879. The molecule has 4 aliphatic carbocycles. The van der Waals surface area contributed by atoms with Crippen LogP contribution in [-0.4, -0.2) is 35.9 Å². The molecule has 1 heterocycles. The normalized spacial score (nSPS) is 43.3. The topological polar surface area (TPSA) is 74.7 Å². The number of hydrogen-bond donors (Lipinski definition) is 1. The van der Waals surface area contributed by atoms with Crippen molar-refractivity contribution in [3.63, 3.8) is 0 Å². The van der Waals surface area contributed by atoms with Crippen molar-refractivity contribution in [2.45, 2.75) is 130 Å². The third kappa shape index (κ3) is 4.31. The van der Waals surface area contributed by atoms with E-state index in [0.29, 0.717) is 34.8 Å². The summed E-state index contributed by atoms with van der Waals surface area (Å²) in [6, 6.07) is 6.48.